The number of aromatic nitrogens is 3. The van der Waals surface area contributed by atoms with Crippen molar-refractivity contribution in [3.63, 3.8) is 0 Å². The number of halogens is 1. The lowest BCUT2D eigenvalue weighted by Crippen LogP contribution is -2.29. The highest BCUT2D eigenvalue weighted by molar-refractivity contribution is 7.71. The first kappa shape index (κ1) is 22.0. The van der Waals surface area contributed by atoms with Crippen LogP contribution in [-0.2, 0) is 0 Å². The van der Waals surface area contributed by atoms with Crippen LogP contribution >= 0.6 is 12.2 Å². The first-order chi connectivity index (χ1) is 16.5. The van der Waals surface area contributed by atoms with Gasteiger partial charge in [-0.1, -0.05) is 12.1 Å². The van der Waals surface area contributed by atoms with Gasteiger partial charge in [0.2, 0.25) is 0 Å². The minimum absolute atomic E-state index is 0.0372. The summed E-state index contributed by atoms with van der Waals surface area (Å²) >= 11 is 5.31. The van der Waals surface area contributed by atoms with Crippen LogP contribution < -0.4 is 15.8 Å². The van der Waals surface area contributed by atoms with Gasteiger partial charge < -0.3 is 15.2 Å². The third-order valence-corrected chi connectivity index (χ3v) is 6.25. The first-order valence-electron chi connectivity index (χ1n) is 11.1. The number of rotatable bonds is 4. The highest BCUT2D eigenvalue weighted by Crippen LogP contribution is 2.21. The topological polar surface area (TPSA) is 83.0 Å². The van der Waals surface area contributed by atoms with Gasteiger partial charge in [0.05, 0.1) is 28.5 Å². The van der Waals surface area contributed by atoms with E-state index in [2.05, 4.69) is 20.2 Å². The second-order valence-corrected chi connectivity index (χ2v) is 8.57. The molecule has 9 heteroatoms. The predicted molar refractivity (Wildman–Crippen MR) is 133 cm³/mol. The van der Waals surface area contributed by atoms with Crippen molar-refractivity contribution in [2.24, 2.45) is 0 Å². The molecule has 0 atom stereocenters. The number of nitrogens with one attached hydrogen (secondary N) is 2. The summed E-state index contributed by atoms with van der Waals surface area (Å²) in [6.07, 6.45) is 5.37. The standard InChI is InChI=1S/C25H22FN5O2S/c26-19-6-2-3-7-21(19)31-24(33)18-10-8-16(14-20(18)28-25(31)34)23(32)29-22-11-9-17(15-27-22)30-12-4-1-5-13-30/h2-3,6-11,14-15H,1,4-5,12-13H2,(H,28,34)(H,27,29,32). The smallest absolute Gasteiger partial charge is 0.266 e. The number of anilines is 2. The van der Waals surface area contributed by atoms with Crippen LogP contribution in [0.15, 0.2) is 65.6 Å². The molecule has 2 aromatic heterocycles. The van der Waals surface area contributed by atoms with Crippen molar-refractivity contribution in [1.82, 2.24) is 14.5 Å². The van der Waals surface area contributed by atoms with Crippen molar-refractivity contribution in [3.05, 3.63) is 87.3 Å². The average Bonchev–Trinajstić information content (AvgIpc) is 2.86. The molecule has 172 valence electrons. The molecule has 1 saturated heterocycles. The van der Waals surface area contributed by atoms with Crippen LogP contribution in [0.3, 0.4) is 0 Å². The molecule has 1 aliphatic heterocycles. The maximum Gasteiger partial charge on any atom is 0.266 e. The van der Waals surface area contributed by atoms with Crippen LogP contribution in [0.1, 0.15) is 29.6 Å². The Balaban J connectivity index is 1.40. The Hall–Kier alpha value is -3.85. The number of nitrogens with zero attached hydrogens (tertiary/aromatic N) is 3. The molecule has 7 nitrogen and oxygen atoms in total. The molecule has 3 heterocycles. The molecular formula is C25H22FN5O2S. The Morgan fingerprint density at radius 3 is 2.59 bits per heavy atom. The molecule has 2 N–H and O–H groups in total. The van der Waals surface area contributed by atoms with Crippen molar-refractivity contribution in [1.29, 1.82) is 0 Å². The molecule has 2 aromatic carbocycles. The zero-order valence-electron chi connectivity index (χ0n) is 18.3. The summed E-state index contributed by atoms with van der Waals surface area (Å²) in [4.78, 5) is 35.5. The van der Waals surface area contributed by atoms with Crippen molar-refractivity contribution >= 4 is 40.5 Å². The summed E-state index contributed by atoms with van der Waals surface area (Å²) in [5.41, 5.74) is 1.37. The predicted octanol–water partition coefficient (Wildman–Crippen LogP) is 4.82. The molecule has 1 fully saturated rings. The Morgan fingerprint density at radius 1 is 1.06 bits per heavy atom. The summed E-state index contributed by atoms with van der Waals surface area (Å²) in [5, 5.41) is 3.07. The van der Waals surface area contributed by atoms with Crippen molar-refractivity contribution in [2.75, 3.05) is 23.3 Å². The third kappa shape index (κ3) is 4.22. The molecule has 0 spiro atoms. The van der Waals surface area contributed by atoms with Crippen molar-refractivity contribution in [3.8, 4) is 5.69 Å². The summed E-state index contributed by atoms with van der Waals surface area (Å²) in [7, 11) is 0. The molecule has 5 rings (SSSR count). The van der Waals surface area contributed by atoms with E-state index in [0.29, 0.717) is 16.9 Å². The first-order valence-corrected chi connectivity index (χ1v) is 11.5. The largest absolute Gasteiger partial charge is 0.370 e. The number of carbonyl (C=O) groups excluding carboxylic acids is 1. The van der Waals surface area contributed by atoms with Gasteiger partial charge in [0.15, 0.2) is 4.77 Å². The second kappa shape index (κ2) is 9.18. The normalized spacial score (nSPS) is 13.7. The lowest BCUT2D eigenvalue weighted by Gasteiger charge is -2.28. The number of H-pyrrole nitrogens is 1. The van der Waals surface area contributed by atoms with Gasteiger partial charge in [-0.3, -0.25) is 9.59 Å². The summed E-state index contributed by atoms with van der Waals surface area (Å²) < 4.78 is 15.4. The Morgan fingerprint density at radius 2 is 1.85 bits per heavy atom. The molecule has 1 amide bonds. The van der Waals surface area contributed by atoms with E-state index in [1.54, 1.807) is 36.5 Å². The summed E-state index contributed by atoms with van der Waals surface area (Å²) in [5.74, 6) is -0.482. The van der Waals surface area contributed by atoms with Gasteiger partial charge in [-0.2, -0.15) is 0 Å². The molecule has 0 radical (unpaired) electrons. The molecular weight excluding hydrogens is 453 g/mol. The quantitative estimate of drug-likeness (QED) is 0.414. The van der Waals surface area contributed by atoms with Crippen LogP contribution in [0.2, 0.25) is 0 Å². The molecule has 0 aliphatic carbocycles. The van der Waals surface area contributed by atoms with E-state index in [9.17, 15) is 14.0 Å². The summed E-state index contributed by atoms with van der Waals surface area (Å²) in [6, 6.07) is 14.3. The lowest BCUT2D eigenvalue weighted by molar-refractivity contribution is 0.102. The van der Waals surface area contributed by atoms with Crippen molar-refractivity contribution in [2.45, 2.75) is 19.3 Å². The number of hydrogen-bond acceptors (Lipinski definition) is 5. The number of piperidine rings is 1. The maximum absolute atomic E-state index is 14.3. The van der Waals surface area contributed by atoms with Crippen LogP contribution in [0.4, 0.5) is 15.9 Å². The number of benzene rings is 2. The van der Waals surface area contributed by atoms with Gasteiger partial charge >= 0.3 is 0 Å². The SMILES string of the molecule is O=C(Nc1ccc(N2CCCCC2)cn1)c1ccc2c(=O)n(-c3ccccc3F)c(=S)[nH]c2c1. The Kier molecular flexibility index (Phi) is 5.93. The fourth-order valence-corrected chi connectivity index (χ4v) is 4.49. The fourth-order valence-electron chi connectivity index (χ4n) is 4.20. The number of para-hydroxylation sites is 1. The monoisotopic (exact) mass is 475 g/mol. The zero-order chi connectivity index (χ0) is 23.7. The van der Waals surface area contributed by atoms with Gasteiger partial charge in [-0.05, 0) is 73.9 Å². The van der Waals surface area contributed by atoms with Gasteiger partial charge in [0.1, 0.15) is 11.6 Å². The fraction of sp³-hybridized carbons (Fsp3) is 0.200. The van der Waals surface area contributed by atoms with E-state index in [1.165, 1.54) is 37.5 Å². The molecule has 1 aliphatic rings. The van der Waals surface area contributed by atoms with E-state index >= 15 is 0 Å². The van der Waals surface area contributed by atoms with E-state index in [1.807, 2.05) is 6.07 Å². The molecule has 4 aromatic rings. The lowest BCUT2D eigenvalue weighted by atomic mass is 10.1. The minimum atomic E-state index is -0.557. The van der Waals surface area contributed by atoms with Crippen molar-refractivity contribution < 1.29 is 9.18 Å². The average molecular weight is 476 g/mol. The van der Waals surface area contributed by atoms with Crippen LogP contribution in [0.25, 0.3) is 16.6 Å². The van der Waals surface area contributed by atoms with E-state index in [4.69, 9.17) is 12.2 Å². The van der Waals surface area contributed by atoms with E-state index < -0.39 is 11.4 Å². The van der Waals surface area contributed by atoms with Gasteiger partial charge in [-0.15, -0.1) is 0 Å². The van der Waals surface area contributed by atoms with Gasteiger partial charge in [0.25, 0.3) is 11.5 Å². The number of amides is 1. The number of fused-ring (bicyclic) bond motifs is 1. The molecule has 0 unspecified atom stereocenters. The van der Waals surface area contributed by atoms with Crippen LogP contribution in [-0.4, -0.2) is 33.5 Å². The van der Waals surface area contributed by atoms with Crippen LogP contribution in [0.5, 0.6) is 0 Å². The number of pyridine rings is 1. The van der Waals surface area contributed by atoms with Gasteiger partial charge in [0, 0.05) is 18.7 Å². The second-order valence-electron chi connectivity index (χ2n) is 8.19. The number of hydrogen-bond donors (Lipinski definition) is 2. The van der Waals surface area contributed by atoms with E-state index in [-0.39, 0.29) is 21.8 Å². The Labute approximate surface area is 199 Å². The minimum Gasteiger partial charge on any atom is -0.370 e. The molecule has 0 bridgehead atoms. The summed E-state index contributed by atoms with van der Waals surface area (Å²) in [6.45, 7) is 2.04. The van der Waals surface area contributed by atoms with Crippen LogP contribution in [0, 0.1) is 10.6 Å². The molecule has 0 saturated carbocycles. The maximum atomic E-state index is 14.3. The van der Waals surface area contributed by atoms with E-state index in [0.717, 1.165) is 23.3 Å². The zero-order valence-corrected chi connectivity index (χ0v) is 19.1. The number of aromatic amines is 1. The number of carbonyl (C=O) groups is 1. The third-order valence-electron chi connectivity index (χ3n) is 5.96. The highest BCUT2D eigenvalue weighted by atomic mass is 32.1. The van der Waals surface area contributed by atoms with Gasteiger partial charge in [-0.25, -0.2) is 13.9 Å². The molecule has 34 heavy (non-hydrogen) atoms. The highest BCUT2D eigenvalue weighted by Gasteiger charge is 2.15. The Bertz CT molecular complexity index is 1490.